The number of carbonyl (C=O) groups excluding carboxylic acids is 1. The van der Waals surface area contributed by atoms with Crippen LogP contribution in [0.4, 0.5) is 5.82 Å². The van der Waals surface area contributed by atoms with E-state index in [4.69, 9.17) is 14.9 Å². The maximum absolute atomic E-state index is 13.3. The molecule has 2 N–H and O–H groups in total. The van der Waals surface area contributed by atoms with Gasteiger partial charge in [0.05, 0.1) is 24.3 Å². The van der Waals surface area contributed by atoms with Gasteiger partial charge in [-0.05, 0) is 24.6 Å². The zero-order chi connectivity index (χ0) is 18.3. The number of amides is 1. The standard InChI is InChI=1S/C18H21N5O3/c1-11-20-17-14(4-3-5-15(17)26-11)18(24)23-10-13(25-2)8-12(23)9-22-7-6-16(19)21-22/h3-7,12-13H,8-10H2,1-2H3,(H2,19,21)/t12-,13+/m0/s1. The van der Waals surface area contributed by atoms with Crippen LogP contribution in [0.2, 0.25) is 0 Å². The van der Waals surface area contributed by atoms with E-state index >= 15 is 0 Å². The van der Waals surface area contributed by atoms with E-state index in [2.05, 4.69) is 10.1 Å². The van der Waals surface area contributed by atoms with Crippen molar-refractivity contribution in [2.75, 3.05) is 19.4 Å². The number of methoxy groups -OCH3 is 1. The highest BCUT2D eigenvalue weighted by Crippen LogP contribution is 2.27. The number of benzene rings is 1. The number of aromatic nitrogens is 3. The molecular weight excluding hydrogens is 334 g/mol. The summed E-state index contributed by atoms with van der Waals surface area (Å²) < 4.78 is 12.8. The molecule has 26 heavy (non-hydrogen) atoms. The number of nitrogen functional groups attached to an aromatic ring is 1. The van der Waals surface area contributed by atoms with Gasteiger partial charge in [-0.1, -0.05) is 6.07 Å². The molecule has 1 saturated heterocycles. The van der Waals surface area contributed by atoms with E-state index in [1.54, 1.807) is 30.8 Å². The molecule has 3 aromatic rings. The lowest BCUT2D eigenvalue weighted by Crippen LogP contribution is -2.38. The molecule has 0 bridgehead atoms. The van der Waals surface area contributed by atoms with E-state index in [-0.39, 0.29) is 18.1 Å². The van der Waals surface area contributed by atoms with E-state index in [9.17, 15) is 4.79 Å². The highest BCUT2D eigenvalue weighted by Gasteiger charge is 2.37. The molecule has 1 aliphatic heterocycles. The van der Waals surface area contributed by atoms with E-state index in [0.29, 0.717) is 41.5 Å². The molecule has 1 aromatic carbocycles. The summed E-state index contributed by atoms with van der Waals surface area (Å²) in [5.74, 6) is 0.931. The number of likely N-dealkylation sites (tertiary alicyclic amines) is 1. The third-order valence-corrected chi connectivity index (χ3v) is 4.79. The third-order valence-electron chi connectivity index (χ3n) is 4.79. The van der Waals surface area contributed by atoms with Crippen LogP contribution in [0.25, 0.3) is 11.1 Å². The summed E-state index contributed by atoms with van der Waals surface area (Å²) in [5, 5.41) is 4.23. The molecule has 1 amide bonds. The lowest BCUT2D eigenvalue weighted by molar-refractivity contribution is 0.0680. The number of hydrogen-bond acceptors (Lipinski definition) is 6. The van der Waals surface area contributed by atoms with Crippen LogP contribution in [0, 0.1) is 6.92 Å². The zero-order valence-electron chi connectivity index (χ0n) is 14.8. The molecule has 1 fully saturated rings. The minimum absolute atomic E-state index is 0.00453. The Kier molecular flexibility index (Phi) is 4.12. The number of oxazole rings is 1. The van der Waals surface area contributed by atoms with Crippen molar-refractivity contribution in [1.82, 2.24) is 19.7 Å². The molecule has 1 aliphatic rings. The second-order valence-electron chi connectivity index (χ2n) is 6.55. The molecule has 8 heteroatoms. The number of carbonyl (C=O) groups is 1. The minimum Gasteiger partial charge on any atom is -0.441 e. The molecule has 2 aromatic heterocycles. The van der Waals surface area contributed by atoms with E-state index in [0.717, 1.165) is 6.42 Å². The highest BCUT2D eigenvalue weighted by atomic mass is 16.5. The van der Waals surface area contributed by atoms with Crippen molar-refractivity contribution in [1.29, 1.82) is 0 Å². The van der Waals surface area contributed by atoms with Crippen molar-refractivity contribution in [2.45, 2.75) is 32.0 Å². The summed E-state index contributed by atoms with van der Waals surface area (Å²) in [6, 6.07) is 7.13. The predicted octanol–water partition coefficient (Wildman–Crippen LogP) is 1.84. The van der Waals surface area contributed by atoms with E-state index in [1.165, 1.54) is 0 Å². The maximum atomic E-state index is 13.3. The second kappa shape index (κ2) is 6.45. The summed E-state index contributed by atoms with van der Waals surface area (Å²) in [5.41, 5.74) is 7.46. The molecule has 3 heterocycles. The number of rotatable bonds is 4. The third kappa shape index (κ3) is 2.92. The number of fused-ring (bicyclic) bond motifs is 1. The van der Waals surface area contributed by atoms with Crippen LogP contribution < -0.4 is 5.73 Å². The Morgan fingerprint density at radius 1 is 1.42 bits per heavy atom. The molecule has 136 valence electrons. The van der Waals surface area contributed by atoms with Gasteiger partial charge in [0.1, 0.15) is 11.3 Å². The van der Waals surface area contributed by atoms with Gasteiger partial charge in [-0.3, -0.25) is 9.48 Å². The van der Waals surface area contributed by atoms with Crippen LogP contribution in [0.3, 0.4) is 0 Å². The smallest absolute Gasteiger partial charge is 0.256 e. The quantitative estimate of drug-likeness (QED) is 0.767. The van der Waals surface area contributed by atoms with Crippen LogP contribution in [0.15, 0.2) is 34.9 Å². The van der Waals surface area contributed by atoms with Crippen LogP contribution in [0.5, 0.6) is 0 Å². The van der Waals surface area contributed by atoms with E-state index < -0.39 is 0 Å². The SMILES string of the molecule is CO[C@@H]1C[C@@H](Cn2ccc(N)n2)N(C(=O)c2cccc3oc(C)nc23)C1. The number of para-hydroxylation sites is 1. The molecular formula is C18H21N5O3. The number of aryl methyl sites for hydroxylation is 1. The van der Waals surface area contributed by atoms with Crippen molar-refractivity contribution in [2.24, 2.45) is 0 Å². The number of anilines is 1. The summed E-state index contributed by atoms with van der Waals surface area (Å²) in [6.45, 7) is 2.87. The fourth-order valence-electron chi connectivity index (χ4n) is 3.55. The first kappa shape index (κ1) is 16.6. The molecule has 0 spiro atoms. The lowest BCUT2D eigenvalue weighted by Gasteiger charge is -2.24. The van der Waals surface area contributed by atoms with Gasteiger partial charge in [-0.2, -0.15) is 5.10 Å². The number of ether oxygens (including phenoxy) is 1. The Balaban J connectivity index is 1.65. The molecule has 0 unspecified atom stereocenters. The number of nitrogens with two attached hydrogens (primary N) is 1. The molecule has 8 nitrogen and oxygen atoms in total. The minimum atomic E-state index is -0.0754. The molecule has 4 rings (SSSR count). The average Bonchev–Trinajstić information content (AvgIpc) is 3.31. The monoisotopic (exact) mass is 355 g/mol. The fraction of sp³-hybridized carbons (Fsp3) is 0.389. The van der Waals surface area contributed by atoms with Crippen LogP contribution in [0.1, 0.15) is 22.7 Å². The van der Waals surface area contributed by atoms with Crippen molar-refractivity contribution < 1.29 is 13.9 Å². The Hall–Kier alpha value is -2.87. The lowest BCUT2D eigenvalue weighted by atomic mass is 10.1. The van der Waals surface area contributed by atoms with Gasteiger partial charge in [-0.15, -0.1) is 0 Å². The van der Waals surface area contributed by atoms with Crippen LogP contribution >= 0.6 is 0 Å². The van der Waals surface area contributed by atoms with Crippen molar-refractivity contribution in [3.05, 3.63) is 41.9 Å². The average molecular weight is 355 g/mol. The Bertz CT molecular complexity index is 947. The van der Waals surface area contributed by atoms with Crippen molar-refractivity contribution >= 4 is 22.8 Å². The normalized spacial score (nSPS) is 20.2. The largest absolute Gasteiger partial charge is 0.441 e. The van der Waals surface area contributed by atoms with Crippen molar-refractivity contribution in [3.63, 3.8) is 0 Å². The van der Waals surface area contributed by atoms with Gasteiger partial charge in [0, 0.05) is 26.8 Å². The second-order valence-corrected chi connectivity index (χ2v) is 6.55. The van der Waals surface area contributed by atoms with Gasteiger partial charge in [-0.25, -0.2) is 4.98 Å². The van der Waals surface area contributed by atoms with Crippen LogP contribution in [-0.4, -0.2) is 51.4 Å². The Morgan fingerprint density at radius 2 is 2.27 bits per heavy atom. The first-order chi connectivity index (χ1) is 12.5. The fourth-order valence-corrected chi connectivity index (χ4v) is 3.55. The van der Waals surface area contributed by atoms with Gasteiger partial charge in [0.25, 0.3) is 5.91 Å². The summed E-state index contributed by atoms with van der Waals surface area (Å²) in [6.07, 6.45) is 2.56. The Labute approximate surface area is 150 Å². The van der Waals surface area contributed by atoms with Gasteiger partial charge in [0.15, 0.2) is 11.5 Å². The summed E-state index contributed by atoms with van der Waals surface area (Å²) in [7, 11) is 1.67. The predicted molar refractivity (Wildman–Crippen MR) is 95.6 cm³/mol. The summed E-state index contributed by atoms with van der Waals surface area (Å²) in [4.78, 5) is 19.5. The maximum Gasteiger partial charge on any atom is 0.256 e. The first-order valence-corrected chi connectivity index (χ1v) is 8.54. The summed E-state index contributed by atoms with van der Waals surface area (Å²) >= 11 is 0. The molecule has 2 atom stereocenters. The Morgan fingerprint density at radius 3 is 3.00 bits per heavy atom. The van der Waals surface area contributed by atoms with Crippen LogP contribution in [-0.2, 0) is 11.3 Å². The van der Waals surface area contributed by atoms with Gasteiger partial charge in [0.2, 0.25) is 0 Å². The zero-order valence-corrected chi connectivity index (χ0v) is 14.8. The van der Waals surface area contributed by atoms with E-state index in [1.807, 2.05) is 23.2 Å². The van der Waals surface area contributed by atoms with Gasteiger partial charge >= 0.3 is 0 Å². The van der Waals surface area contributed by atoms with Gasteiger partial charge < -0.3 is 19.8 Å². The number of nitrogens with zero attached hydrogens (tertiary/aromatic N) is 4. The molecule has 0 saturated carbocycles. The number of hydrogen-bond donors (Lipinski definition) is 1. The molecule has 0 aliphatic carbocycles. The van der Waals surface area contributed by atoms with Crippen molar-refractivity contribution in [3.8, 4) is 0 Å². The first-order valence-electron chi connectivity index (χ1n) is 8.54. The highest BCUT2D eigenvalue weighted by molar-refractivity contribution is 6.04. The molecule has 0 radical (unpaired) electrons. The topological polar surface area (TPSA) is 99.4 Å².